The summed E-state index contributed by atoms with van der Waals surface area (Å²) in [5.74, 6) is 0.329. The average molecular weight is 471 g/mol. The van der Waals surface area contributed by atoms with Crippen LogP contribution in [0.25, 0.3) is 0 Å². The number of hydrogen-bond donors (Lipinski definition) is 0. The molecule has 1 aliphatic heterocycles. The number of benzene rings is 2. The van der Waals surface area contributed by atoms with Crippen molar-refractivity contribution in [3.05, 3.63) is 59.7 Å². The van der Waals surface area contributed by atoms with E-state index < -0.39 is 21.2 Å². The SMILES string of the molecule is COCCN1C(=O)C(=Nc2cc(C3CCCCC3)ccc2OC)C(c2ccccc2)S1(=O)=O. The second-order valence-electron chi connectivity index (χ2n) is 8.47. The zero-order valence-corrected chi connectivity index (χ0v) is 19.9. The van der Waals surface area contributed by atoms with Gasteiger partial charge in [0.1, 0.15) is 17.1 Å². The van der Waals surface area contributed by atoms with Crippen molar-refractivity contribution < 1.29 is 22.7 Å². The Labute approximate surface area is 195 Å². The number of carbonyl (C=O) groups excluding carboxylic acids is 1. The zero-order chi connectivity index (χ0) is 23.4. The van der Waals surface area contributed by atoms with Gasteiger partial charge in [0.25, 0.3) is 15.9 Å². The van der Waals surface area contributed by atoms with Gasteiger partial charge in [0.15, 0.2) is 5.25 Å². The number of nitrogens with zero attached hydrogens (tertiary/aromatic N) is 2. The normalized spacial score (nSPS) is 22.1. The first-order valence-corrected chi connectivity index (χ1v) is 12.8. The van der Waals surface area contributed by atoms with E-state index in [1.807, 2.05) is 24.3 Å². The lowest BCUT2D eigenvalue weighted by atomic mass is 9.84. The Morgan fingerprint density at radius 2 is 1.73 bits per heavy atom. The van der Waals surface area contributed by atoms with Crippen molar-refractivity contribution in [1.82, 2.24) is 4.31 Å². The molecule has 176 valence electrons. The number of methoxy groups -OCH3 is 2. The third kappa shape index (κ3) is 4.68. The first-order valence-electron chi connectivity index (χ1n) is 11.3. The molecule has 1 heterocycles. The first kappa shape index (κ1) is 23.4. The highest BCUT2D eigenvalue weighted by Crippen LogP contribution is 2.40. The third-order valence-corrected chi connectivity index (χ3v) is 8.47. The van der Waals surface area contributed by atoms with E-state index in [0.717, 1.165) is 22.7 Å². The van der Waals surface area contributed by atoms with Gasteiger partial charge in [0.05, 0.1) is 20.3 Å². The van der Waals surface area contributed by atoms with Gasteiger partial charge in [-0.2, -0.15) is 0 Å². The maximum Gasteiger partial charge on any atom is 0.283 e. The number of sulfonamides is 1. The standard InChI is InChI=1S/C25H30N2O5S/c1-31-16-15-27-25(28)23(24(33(27,29)30)19-11-7-4-8-12-19)26-21-17-20(13-14-22(21)32-2)18-9-5-3-6-10-18/h4,7-8,11-14,17-18,24H,3,5-6,9-10,15-16H2,1-2H3. The molecule has 33 heavy (non-hydrogen) atoms. The van der Waals surface area contributed by atoms with Crippen molar-refractivity contribution in [3.8, 4) is 5.75 Å². The minimum Gasteiger partial charge on any atom is -0.494 e. The quantitative estimate of drug-likeness (QED) is 0.600. The highest BCUT2D eigenvalue weighted by atomic mass is 32.2. The van der Waals surface area contributed by atoms with Crippen molar-refractivity contribution in [2.75, 3.05) is 27.4 Å². The molecule has 1 aliphatic carbocycles. The molecule has 1 atom stereocenters. The summed E-state index contributed by atoms with van der Waals surface area (Å²) in [5, 5.41) is -1.17. The average Bonchev–Trinajstić information content (AvgIpc) is 3.02. The van der Waals surface area contributed by atoms with E-state index in [4.69, 9.17) is 9.47 Å². The molecule has 2 aliphatic rings. The molecule has 2 fully saturated rings. The summed E-state index contributed by atoms with van der Waals surface area (Å²) in [6, 6.07) is 14.6. The number of aliphatic imine (C=N–C) groups is 1. The fourth-order valence-corrected chi connectivity index (χ4v) is 6.55. The Balaban J connectivity index is 1.82. The molecule has 1 saturated heterocycles. The lowest BCUT2D eigenvalue weighted by Gasteiger charge is -2.22. The zero-order valence-electron chi connectivity index (χ0n) is 19.1. The molecule has 0 N–H and O–H groups in total. The molecular weight excluding hydrogens is 440 g/mol. The second-order valence-corrected chi connectivity index (χ2v) is 10.4. The molecule has 2 aromatic rings. The minimum atomic E-state index is -3.99. The van der Waals surface area contributed by atoms with E-state index in [1.165, 1.54) is 26.4 Å². The van der Waals surface area contributed by atoms with Crippen LogP contribution in [0.15, 0.2) is 53.5 Å². The molecule has 2 aromatic carbocycles. The highest BCUT2D eigenvalue weighted by molar-refractivity contribution is 7.91. The van der Waals surface area contributed by atoms with Gasteiger partial charge >= 0.3 is 0 Å². The molecule has 1 unspecified atom stereocenters. The van der Waals surface area contributed by atoms with E-state index in [2.05, 4.69) is 4.99 Å². The number of ether oxygens (including phenoxy) is 2. The topological polar surface area (TPSA) is 85.3 Å². The van der Waals surface area contributed by atoms with Crippen molar-refractivity contribution in [2.45, 2.75) is 43.3 Å². The molecule has 0 spiro atoms. The second kappa shape index (κ2) is 10.1. The van der Waals surface area contributed by atoms with E-state index in [0.29, 0.717) is 22.9 Å². The van der Waals surface area contributed by atoms with Crippen molar-refractivity contribution in [3.63, 3.8) is 0 Å². The van der Waals surface area contributed by atoms with Gasteiger partial charge in [0, 0.05) is 7.11 Å². The van der Waals surface area contributed by atoms with Gasteiger partial charge in [-0.3, -0.25) is 4.79 Å². The van der Waals surface area contributed by atoms with E-state index in [9.17, 15) is 13.2 Å². The van der Waals surface area contributed by atoms with Gasteiger partial charge in [-0.15, -0.1) is 0 Å². The lowest BCUT2D eigenvalue weighted by Crippen LogP contribution is -2.33. The maximum atomic E-state index is 13.4. The van der Waals surface area contributed by atoms with Crippen molar-refractivity contribution in [1.29, 1.82) is 0 Å². The molecule has 0 bridgehead atoms. The van der Waals surface area contributed by atoms with Gasteiger partial charge in [-0.05, 0) is 42.0 Å². The fourth-order valence-electron chi connectivity index (χ4n) is 4.70. The molecule has 8 heteroatoms. The Morgan fingerprint density at radius 3 is 2.39 bits per heavy atom. The van der Waals surface area contributed by atoms with Crippen LogP contribution in [0, 0.1) is 0 Å². The van der Waals surface area contributed by atoms with Gasteiger partial charge < -0.3 is 9.47 Å². The van der Waals surface area contributed by atoms with Crippen LogP contribution in [0.5, 0.6) is 5.75 Å². The number of amides is 1. The van der Waals surface area contributed by atoms with Gasteiger partial charge in [-0.25, -0.2) is 17.7 Å². The minimum absolute atomic E-state index is 0.0172. The van der Waals surface area contributed by atoms with Crippen LogP contribution in [0.2, 0.25) is 0 Å². The number of rotatable bonds is 7. The molecule has 0 radical (unpaired) electrons. The van der Waals surface area contributed by atoms with Gasteiger partial charge in [0.2, 0.25) is 0 Å². The van der Waals surface area contributed by atoms with Crippen LogP contribution < -0.4 is 4.74 Å². The Hall–Kier alpha value is -2.71. The monoisotopic (exact) mass is 470 g/mol. The van der Waals surface area contributed by atoms with Crippen molar-refractivity contribution in [2.24, 2.45) is 4.99 Å². The summed E-state index contributed by atoms with van der Waals surface area (Å²) in [4.78, 5) is 18.0. The Kier molecular flexibility index (Phi) is 7.14. The molecular formula is C25H30N2O5S. The van der Waals surface area contributed by atoms with Gasteiger partial charge in [-0.1, -0.05) is 55.7 Å². The molecule has 0 aromatic heterocycles. The molecule has 4 rings (SSSR count). The maximum absolute atomic E-state index is 13.4. The molecule has 7 nitrogen and oxygen atoms in total. The van der Waals surface area contributed by atoms with Crippen molar-refractivity contribution >= 4 is 27.3 Å². The molecule has 1 saturated carbocycles. The summed E-state index contributed by atoms with van der Waals surface area (Å²) < 4.78 is 38.3. The van der Waals surface area contributed by atoms with Crippen LogP contribution >= 0.6 is 0 Å². The predicted octanol–water partition coefficient (Wildman–Crippen LogP) is 4.38. The predicted molar refractivity (Wildman–Crippen MR) is 128 cm³/mol. The van der Waals surface area contributed by atoms with E-state index >= 15 is 0 Å². The van der Waals surface area contributed by atoms with E-state index in [1.54, 1.807) is 31.4 Å². The summed E-state index contributed by atoms with van der Waals surface area (Å²) in [6.45, 7) is 0.0551. The number of hydrogen-bond acceptors (Lipinski definition) is 6. The van der Waals surface area contributed by atoms with Crippen LogP contribution in [-0.4, -0.2) is 51.7 Å². The summed E-state index contributed by atoms with van der Waals surface area (Å²) >= 11 is 0. The van der Waals surface area contributed by atoms with Crippen LogP contribution in [0.4, 0.5) is 5.69 Å². The van der Waals surface area contributed by atoms with Crippen LogP contribution in [0.3, 0.4) is 0 Å². The highest BCUT2D eigenvalue weighted by Gasteiger charge is 2.50. The Bertz CT molecular complexity index is 1120. The first-order chi connectivity index (χ1) is 16.0. The molecule has 1 amide bonds. The fraction of sp³-hybridized carbons (Fsp3) is 0.440. The summed E-state index contributed by atoms with van der Waals surface area (Å²) in [7, 11) is -0.971. The summed E-state index contributed by atoms with van der Waals surface area (Å²) in [5.41, 5.74) is 2.12. The largest absolute Gasteiger partial charge is 0.494 e. The van der Waals surface area contributed by atoms with Crippen LogP contribution in [-0.2, 0) is 19.6 Å². The lowest BCUT2D eigenvalue weighted by molar-refractivity contribution is -0.119. The summed E-state index contributed by atoms with van der Waals surface area (Å²) in [6.07, 6.45) is 5.88. The van der Waals surface area contributed by atoms with E-state index in [-0.39, 0.29) is 18.9 Å². The third-order valence-electron chi connectivity index (χ3n) is 6.42. The Morgan fingerprint density at radius 1 is 1.00 bits per heavy atom. The smallest absolute Gasteiger partial charge is 0.283 e. The van der Waals surface area contributed by atoms with Crippen LogP contribution in [0.1, 0.15) is 54.4 Å². The number of carbonyl (C=O) groups is 1.